The molecule has 3 aromatic rings. The van der Waals surface area contributed by atoms with E-state index in [0.717, 1.165) is 16.8 Å². The number of aryl methyl sites for hydroxylation is 1. The second kappa shape index (κ2) is 10.4. The summed E-state index contributed by atoms with van der Waals surface area (Å²) in [5.74, 6) is 0.130. The number of hydrogen-bond acceptors (Lipinski definition) is 6. The Morgan fingerprint density at radius 3 is 2.60 bits per heavy atom. The van der Waals surface area contributed by atoms with Crippen molar-refractivity contribution in [3.63, 3.8) is 0 Å². The monoisotopic (exact) mass is 489 g/mol. The minimum Gasteiger partial charge on any atom is -0.369 e. The van der Waals surface area contributed by atoms with Crippen LogP contribution in [0.4, 0.5) is 0 Å². The Morgan fingerprint density at radius 2 is 1.91 bits per heavy atom. The van der Waals surface area contributed by atoms with Crippen molar-refractivity contribution in [2.75, 3.05) is 0 Å². The number of guanidine groups is 1. The van der Waals surface area contributed by atoms with Crippen molar-refractivity contribution in [3.8, 4) is 0 Å². The van der Waals surface area contributed by atoms with Gasteiger partial charge in [0.2, 0.25) is 0 Å². The van der Waals surface area contributed by atoms with Crippen molar-refractivity contribution in [1.82, 2.24) is 14.9 Å². The van der Waals surface area contributed by atoms with Gasteiger partial charge in [-0.25, -0.2) is 4.99 Å². The van der Waals surface area contributed by atoms with Crippen molar-refractivity contribution in [2.45, 2.75) is 45.2 Å². The topological polar surface area (TPSA) is 102 Å². The third kappa shape index (κ3) is 5.25. The Kier molecular flexibility index (Phi) is 7.26. The van der Waals surface area contributed by atoms with Crippen LogP contribution in [0, 0.1) is 5.92 Å². The lowest BCUT2D eigenvalue weighted by molar-refractivity contribution is -0.132. The molecule has 1 aliphatic heterocycles. The summed E-state index contributed by atoms with van der Waals surface area (Å²) in [6, 6.07) is 14.7. The molecule has 0 saturated carbocycles. The van der Waals surface area contributed by atoms with E-state index >= 15 is 0 Å². The maximum atomic E-state index is 13.7. The largest absolute Gasteiger partial charge is 0.369 e. The molecule has 7 nitrogen and oxygen atoms in total. The molecule has 1 unspecified atom stereocenters. The molecule has 1 atom stereocenters. The van der Waals surface area contributed by atoms with Crippen LogP contribution in [0.3, 0.4) is 0 Å². The molecule has 1 amide bonds. The number of amides is 1. The van der Waals surface area contributed by atoms with Crippen molar-refractivity contribution < 1.29 is 9.59 Å². The number of carbonyl (C=O) groups excluding carboxylic acids is 2. The van der Waals surface area contributed by atoms with E-state index in [9.17, 15) is 9.59 Å². The highest BCUT2D eigenvalue weighted by Crippen LogP contribution is 2.39. The summed E-state index contributed by atoms with van der Waals surface area (Å²) in [6.45, 7) is 4.32. The molecule has 4 rings (SSSR count). The average molecular weight is 490 g/mol. The number of aromatic nitrogens is 2. The number of ketones is 1. The second-order valence-corrected chi connectivity index (χ2v) is 9.53. The van der Waals surface area contributed by atoms with E-state index in [0.29, 0.717) is 23.4 Å². The lowest BCUT2D eigenvalue weighted by Gasteiger charge is -2.28. The van der Waals surface area contributed by atoms with E-state index in [1.807, 2.05) is 30.3 Å². The molecule has 2 heterocycles. The summed E-state index contributed by atoms with van der Waals surface area (Å²) in [7, 11) is 0. The predicted molar refractivity (Wildman–Crippen MR) is 136 cm³/mol. The summed E-state index contributed by atoms with van der Waals surface area (Å²) < 4.78 is 0. The van der Waals surface area contributed by atoms with Crippen LogP contribution in [0.5, 0.6) is 0 Å². The van der Waals surface area contributed by atoms with Crippen LogP contribution in [-0.4, -0.2) is 32.5 Å². The first-order valence-electron chi connectivity index (χ1n) is 11.6. The van der Waals surface area contributed by atoms with Crippen molar-refractivity contribution in [3.05, 3.63) is 94.5 Å². The molecule has 8 heteroatoms. The first kappa shape index (κ1) is 24.5. The number of halogens is 1. The van der Waals surface area contributed by atoms with Gasteiger partial charge in [0.15, 0.2) is 17.3 Å². The van der Waals surface area contributed by atoms with Crippen LogP contribution in [-0.2, 0) is 23.3 Å². The normalized spacial score (nSPS) is 17.7. The van der Waals surface area contributed by atoms with Crippen LogP contribution >= 0.6 is 11.6 Å². The number of Topliss-reactive ketones (excluding diaryl/α,β-unsaturated/α-hetero) is 1. The molecule has 0 saturated heterocycles. The Morgan fingerprint density at radius 1 is 1.14 bits per heavy atom. The van der Waals surface area contributed by atoms with Gasteiger partial charge in [0.05, 0.1) is 17.3 Å². The van der Waals surface area contributed by atoms with Crippen LogP contribution in [0.2, 0.25) is 5.02 Å². The highest BCUT2D eigenvalue weighted by Gasteiger charge is 2.49. The fourth-order valence-electron chi connectivity index (χ4n) is 4.43. The molecule has 0 bridgehead atoms. The van der Waals surface area contributed by atoms with Gasteiger partial charge in [0.1, 0.15) is 0 Å². The van der Waals surface area contributed by atoms with E-state index in [1.54, 1.807) is 36.8 Å². The lowest BCUT2D eigenvalue weighted by atomic mass is 9.82. The summed E-state index contributed by atoms with van der Waals surface area (Å²) >= 11 is 6.35. The van der Waals surface area contributed by atoms with Gasteiger partial charge < -0.3 is 5.73 Å². The molecule has 0 spiro atoms. The van der Waals surface area contributed by atoms with E-state index in [2.05, 4.69) is 23.8 Å². The first-order valence-corrected chi connectivity index (χ1v) is 12.0. The molecule has 2 N–H and O–H groups in total. The van der Waals surface area contributed by atoms with Crippen LogP contribution < -0.4 is 5.73 Å². The van der Waals surface area contributed by atoms with Gasteiger partial charge in [-0.2, -0.15) is 0 Å². The van der Waals surface area contributed by atoms with E-state index < -0.39 is 5.54 Å². The predicted octanol–water partition coefficient (Wildman–Crippen LogP) is 4.54. The minimum absolute atomic E-state index is 0.102. The molecular weight excluding hydrogens is 462 g/mol. The molecule has 0 aliphatic carbocycles. The maximum Gasteiger partial charge on any atom is 0.262 e. The standard InChI is InChI=1S/C27H28ClN5O2/c1-18(2)15-27(20-6-4-3-5-7-20)25(35)33(26(29)32-27)17-19-8-10-23(28)22(14-19)24(34)11-9-21-16-30-12-13-31-21/h3-8,10,12-14,16,18H,9,11,15,17H2,1-2H3,(H2,29,32). The molecule has 0 radical (unpaired) electrons. The smallest absolute Gasteiger partial charge is 0.262 e. The van der Waals surface area contributed by atoms with Gasteiger partial charge in [0, 0.05) is 30.6 Å². The SMILES string of the molecule is CC(C)CC1(c2ccccc2)N=C(N)N(Cc2ccc(Cl)c(C(=O)CCc3cnccn3)c2)C1=O. The summed E-state index contributed by atoms with van der Waals surface area (Å²) in [5.41, 5.74) is 7.95. The first-order chi connectivity index (χ1) is 16.8. The van der Waals surface area contributed by atoms with Crippen LogP contribution in [0.15, 0.2) is 72.1 Å². The fraction of sp³-hybridized carbons (Fsp3) is 0.296. The third-order valence-corrected chi connectivity index (χ3v) is 6.36. The Hall–Kier alpha value is -3.58. The van der Waals surface area contributed by atoms with Crippen LogP contribution in [0.1, 0.15) is 53.9 Å². The highest BCUT2D eigenvalue weighted by molar-refractivity contribution is 6.34. The van der Waals surface area contributed by atoms with Crippen LogP contribution in [0.25, 0.3) is 0 Å². The minimum atomic E-state index is -1.05. The van der Waals surface area contributed by atoms with Crippen molar-refractivity contribution >= 4 is 29.3 Å². The summed E-state index contributed by atoms with van der Waals surface area (Å²) in [6.07, 6.45) is 6.09. The highest BCUT2D eigenvalue weighted by atomic mass is 35.5. The zero-order valence-corrected chi connectivity index (χ0v) is 20.6. The number of hydrogen-bond donors (Lipinski definition) is 1. The van der Waals surface area contributed by atoms with E-state index in [1.165, 1.54) is 4.90 Å². The third-order valence-electron chi connectivity index (χ3n) is 6.03. The zero-order chi connectivity index (χ0) is 25.0. The molecule has 1 aromatic heterocycles. The molecule has 0 fully saturated rings. The lowest BCUT2D eigenvalue weighted by Crippen LogP contribution is -2.43. The number of aliphatic imine (C=N–C) groups is 1. The Bertz CT molecular complexity index is 1250. The molecular formula is C27H28ClN5O2. The zero-order valence-electron chi connectivity index (χ0n) is 19.8. The van der Waals surface area contributed by atoms with Crippen molar-refractivity contribution in [1.29, 1.82) is 0 Å². The van der Waals surface area contributed by atoms with Gasteiger partial charge in [-0.1, -0.05) is 61.8 Å². The Labute approximate surface area is 210 Å². The number of nitrogens with zero attached hydrogens (tertiary/aromatic N) is 4. The average Bonchev–Trinajstić information content (AvgIpc) is 3.09. The molecule has 35 heavy (non-hydrogen) atoms. The fourth-order valence-corrected chi connectivity index (χ4v) is 4.65. The second-order valence-electron chi connectivity index (χ2n) is 9.12. The van der Waals surface area contributed by atoms with Gasteiger partial charge in [0.25, 0.3) is 5.91 Å². The number of nitrogens with two attached hydrogens (primary N) is 1. The maximum absolute atomic E-state index is 13.7. The van der Waals surface area contributed by atoms with Gasteiger partial charge in [-0.15, -0.1) is 0 Å². The number of benzene rings is 2. The quantitative estimate of drug-likeness (QED) is 0.444. The number of carbonyl (C=O) groups is 2. The number of rotatable bonds is 9. The van der Waals surface area contributed by atoms with Gasteiger partial charge in [-0.05, 0) is 42.0 Å². The van der Waals surface area contributed by atoms with E-state index in [-0.39, 0.29) is 36.5 Å². The van der Waals surface area contributed by atoms with Gasteiger partial charge >= 0.3 is 0 Å². The Balaban J connectivity index is 1.56. The molecule has 1 aliphatic rings. The summed E-state index contributed by atoms with van der Waals surface area (Å²) in [5, 5.41) is 0.366. The summed E-state index contributed by atoms with van der Waals surface area (Å²) in [4.78, 5) is 41.1. The molecule has 2 aromatic carbocycles. The van der Waals surface area contributed by atoms with Gasteiger partial charge in [-0.3, -0.25) is 24.5 Å². The van der Waals surface area contributed by atoms with E-state index in [4.69, 9.17) is 22.3 Å². The molecule has 180 valence electrons. The van der Waals surface area contributed by atoms with Crippen molar-refractivity contribution in [2.24, 2.45) is 16.6 Å².